The molecule has 4 rings (SSSR count). The van der Waals surface area contributed by atoms with Crippen LogP contribution in [0.25, 0.3) is 0 Å². The number of anilines is 4. The highest BCUT2D eigenvalue weighted by atomic mass is 79.9. The number of rotatable bonds is 6. The molecule has 1 fully saturated rings. The van der Waals surface area contributed by atoms with E-state index in [9.17, 15) is 10.2 Å². The fourth-order valence-corrected chi connectivity index (χ4v) is 3.45. The van der Waals surface area contributed by atoms with Crippen molar-refractivity contribution in [2.45, 2.75) is 0 Å². The Morgan fingerprint density at radius 1 is 1.06 bits per heavy atom. The number of ether oxygens (including phenoxy) is 1. The maximum Gasteiger partial charge on any atom is 0.250 e. The lowest BCUT2D eigenvalue weighted by Gasteiger charge is -2.27. The summed E-state index contributed by atoms with van der Waals surface area (Å²) in [6.45, 7) is 2.47. The second-order valence-electron chi connectivity index (χ2n) is 6.75. The zero-order valence-electron chi connectivity index (χ0n) is 16.7. The number of halogens is 2. The van der Waals surface area contributed by atoms with Gasteiger partial charge in [0.15, 0.2) is 0 Å². The molecule has 1 aromatic heterocycles. The number of aromatic nitrogens is 3. The molecule has 2 heterocycles. The maximum absolute atomic E-state index is 9.98. The summed E-state index contributed by atoms with van der Waals surface area (Å²) in [5, 5.41) is 27.4. The number of phenolic OH excluding ortho intramolecular Hbond substituents is 2. The van der Waals surface area contributed by atoms with E-state index < -0.39 is 0 Å². The zero-order valence-corrected chi connectivity index (χ0v) is 19.0. The fourth-order valence-electron chi connectivity index (χ4n) is 2.90. The van der Waals surface area contributed by atoms with Gasteiger partial charge in [-0.15, -0.1) is 0 Å². The van der Waals surface area contributed by atoms with Crippen LogP contribution in [0.5, 0.6) is 11.5 Å². The van der Waals surface area contributed by atoms with E-state index in [1.807, 2.05) is 17.0 Å². The Morgan fingerprint density at radius 2 is 1.84 bits per heavy atom. The van der Waals surface area contributed by atoms with Gasteiger partial charge in [0.25, 0.3) is 0 Å². The molecule has 0 amide bonds. The topological polar surface area (TPSA) is 128 Å². The molecule has 0 spiro atoms. The SMILES string of the molecule is Oc1cc(O)c(C=NNc2nc(Nc3cccc(Cl)c3)nc(N3CCOCC3)n2)cc1Br. The minimum atomic E-state index is -0.121. The van der Waals surface area contributed by atoms with Gasteiger partial charge in [-0.2, -0.15) is 20.1 Å². The summed E-state index contributed by atoms with van der Waals surface area (Å²) in [6.07, 6.45) is 1.39. The first kappa shape index (κ1) is 22.1. The van der Waals surface area contributed by atoms with E-state index in [4.69, 9.17) is 16.3 Å². The van der Waals surface area contributed by atoms with Gasteiger partial charge in [-0.1, -0.05) is 17.7 Å². The van der Waals surface area contributed by atoms with Gasteiger partial charge in [-0.3, -0.25) is 0 Å². The molecule has 166 valence electrons. The highest BCUT2D eigenvalue weighted by Gasteiger charge is 2.17. The van der Waals surface area contributed by atoms with Crippen LogP contribution in [0.1, 0.15) is 5.56 Å². The Balaban J connectivity index is 1.59. The van der Waals surface area contributed by atoms with E-state index in [1.54, 1.807) is 12.1 Å². The molecule has 4 N–H and O–H groups in total. The van der Waals surface area contributed by atoms with Crippen molar-refractivity contribution in [3.8, 4) is 11.5 Å². The number of aromatic hydroxyl groups is 2. The third-order valence-electron chi connectivity index (χ3n) is 4.46. The Morgan fingerprint density at radius 3 is 2.62 bits per heavy atom. The van der Waals surface area contributed by atoms with E-state index in [-0.39, 0.29) is 17.4 Å². The van der Waals surface area contributed by atoms with Crippen molar-refractivity contribution in [3.05, 3.63) is 51.5 Å². The minimum absolute atomic E-state index is 0.0723. The predicted molar refractivity (Wildman–Crippen MR) is 126 cm³/mol. The first-order valence-corrected chi connectivity index (χ1v) is 10.8. The summed E-state index contributed by atoms with van der Waals surface area (Å²) in [7, 11) is 0. The van der Waals surface area contributed by atoms with E-state index in [0.29, 0.717) is 53.3 Å². The molecular formula is C20H19BrClN7O3. The number of nitrogens with zero attached hydrogens (tertiary/aromatic N) is 5. The second-order valence-corrected chi connectivity index (χ2v) is 8.04. The lowest BCUT2D eigenvalue weighted by Crippen LogP contribution is -2.37. The molecule has 3 aromatic rings. The first-order valence-electron chi connectivity index (χ1n) is 9.60. The van der Waals surface area contributed by atoms with Crippen LogP contribution in [-0.4, -0.2) is 57.7 Å². The molecule has 12 heteroatoms. The number of hydrazone groups is 1. The first-order chi connectivity index (χ1) is 15.5. The molecular weight excluding hydrogens is 502 g/mol. The summed E-state index contributed by atoms with van der Waals surface area (Å²) >= 11 is 9.28. The van der Waals surface area contributed by atoms with Crippen LogP contribution in [0.15, 0.2) is 46.0 Å². The van der Waals surface area contributed by atoms with Crippen molar-refractivity contribution in [2.75, 3.05) is 41.9 Å². The van der Waals surface area contributed by atoms with E-state index in [2.05, 4.69) is 46.7 Å². The highest BCUT2D eigenvalue weighted by molar-refractivity contribution is 9.10. The second kappa shape index (κ2) is 9.98. The van der Waals surface area contributed by atoms with Gasteiger partial charge < -0.3 is 25.2 Å². The molecule has 2 aromatic carbocycles. The lowest BCUT2D eigenvalue weighted by atomic mass is 10.2. The van der Waals surface area contributed by atoms with Gasteiger partial charge in [-0.05, 0) is 40.2 Å². The predicted octanol–water partition coefficient (Wildman–Crippen LogP) is 3.72. The lowest BCUT2D eigenvalue weighted by molar-refractivity contribution is 0.122. The van der Waals surface area contributed by atoms with E-state index in [0.717, 1.165) is 5.69 Å². The molecule has 0 atom stereocenters. The van der Waals surface area contributed by atoms with E-state index in [1.165, 1.54) is 18.3 Å². The number of benzene rings is 2. The van der Waals surface area contributed by atoms with Crippen molar-refractivity contribution in [3.63, 3.8) is 0 Å². The minimum Gasteiger partial charge on any atom is -0.507 e. The molecule has 0 aliphatic carbocycles. The number of nitrogens with one attached hydrogen (secondary N) is 2. The molecule has 10 nitrogen and oxygen atoms in total. The summed E-state index contributed by atoms with van der Waals surface area (Å²) in [5.41, 5.74) is 3.88. The Hall–Kier alpha value is -3.15. The third-order valence-corrected chi connectivity index (χ3v) is 5.33. The van der Waals surface area contributed by atoms with Gasteiger partial charge >= 0.3 is 0 Å². The van der Waals surface area contributed by atoms with Gasteiger partial charge in [0.1, 0.15) is 11.5 Å². The summed E-state index contributed by atoms with van der Waals surface area (Å²) in [5.74, 6) is 0.804. The average Bonchev–Trinajstić information content (AvgIpc) is 2.78. The molecule has 0 saturated carbocycles. The number of morpholine rings is 1. The van der Waals surface area contributed by atoms with E-state index >= 15 is 0 Å². The van der Waals surface area contributed by atoms with Crippen LogP contribution in [-0.2, 0) is 4.74 Å². The molecule has 0 unspecified atom stereocenters. The summed E-state index contributed by atoms with van der Waals surface area (Å²) < 4.78 is 5.84. The van der Waals surface area contributed by atoms with Gasteiger partial charge in [0, 0.05) is 35.4 Å². The molecule has 0 radical (unpaired) electrons. The van der Waals surface area contributed by atoms with Gasteiger partial charge in [0.05, 0.1) is 23.9 Å². The summed E-state index contributed by atoms with van der Waals surface area (Å²) in [6, 6.07) is 9.96. The van der Waals surface area contributed by atoms with Crippen LogP contribution >= 0.6 is 27.5 Å². The van der Waals surface area contributed by atoms with Gasteiger partial charge in [-0.25, -0.2) is 5.43 Å². The zero-order chi connectivity index (χ0) is 22.5. The fraction of sp³-hybridized carbons (Fsp3) is 0.200. The number of hydrogen-bond donors (Lipinski definition) is 4. The quantitative estimate of drug-likeness (QED) is 0.284. The Labute approximate surface area is 197 Å². The molecule has 1 aliphatic heterocycles. The van der Waals surface area contributed by atoms with Crippen molar-refractivity contribution in [1.29, 1.82) is 0 Å². The third kappa shape index (κ3) is 5.55. The van der Waals surface area contributed by atoms with Crippen LogP contribution in [0, 0.1) is 0 Å². The maximum atomic E-state index is 9.98. The number of hydrogen-bond acceptors (Lipinski definition) is 10. The summed E-state index contributed by atoms with van der Waals surface area (Å²) in [4.78, 5) is 15.3. The van der Waals surface area contributed by atoms with Crippen LogP contribution in [0.3, 0.4) is 0 Å². The Kier molecular flexibility index (Phi) is 6.88. The molecule has 32 heavy (non-hydrogen) atoms. The van der Waals surface area contributed by atoms with Crippen molar-refractivity contribution in [1.82, 2.24) is 15.0 Å². The van der Waals surface area contributed by atoms with Gasteiger partial charge in [0.2, 0.25) is 17.8 Å². The average molecular weight is 521 g/mol. The smallest absolute Gasteiger partial charge is 0.250 e. The number of phenols is 2. The molecule has 1 aliphatic rings. The normalized spacial score (nSPS) is 14.0. The molecule has 1 saturated heterocycles. The van der Waals surface area contributed by atoms with Crippen LogP contribution in [0.4, 0.5) is 23.5 Å². The highest BCUT2D eigenvalue weighted by Crippen LogP contribution is 2.30. The standard InChI is InChI=1S/C20H19BrClN7O3/c21-15-8-12(16(30)10-17(15)31)11-23-28-19-25-18(24-14-3-1-2-13(22)9-14)26-20(27-19)29-4-6-32-7-5-29/h1-3,8-11,30-31H,4-7H2,(H2,24,25,26,27,28). The molecule has 0 bridgehead atoms. The van der Waals surface area contributed by atoms with Crippen molar-refractivity contribution >= 4 is 57.3 Å². The van der Waals surface area contributed by atoms with Crippen molar-refractivity contribution < 1.29 is 14.9 Å². The van der Waals surface area contributed by atoms with Crippen LogP contribution in [0.2, 0.25) is 5.02 Å². The van der Waals surface area contributed by atoms with Crippen molar-refractivity contribution in [2.24, 2.45) is 5.10 Å². The largest absolute Gasteiger partial charge is 0.507 e. The van der Waals surface area contributed by atoms with Crippen LogP contribution < -0.4 is 15.6 Å². The Bertz CT molecular complexity index is 1140. The monoisotopic (exact) mass is 519 g/mol.